The maximum atomic E-state index is 12.9. The summed E-state index contributed by atoms with van der Waals surface area (Å²) in [4.78, 5) is 37.2. The standard InChI is InChI=1S/C27H34N2O5/c1-5-6-15-22(24(30)29-23(25(31)32)27(2,3)4)28-26(33)34-16-21-19-13-9-7-11-17(19)18-12-8-10-14-20(18)21/h7-14,21-23H,5-6,15-16H2,1-4H3,(H,28,33)(H,29,30)(H,31,32)/t22-,23-/m0/s1. The van der Waals surface area contributed by atoms with Crippen LogP contribution < -0.4 is 10.6 Å². The minimum atomic E-state index is -1.11. The summed E-state index contributed by atoms with van der Waals surface area (Å²) < 4.78 is 5.57. The Morgan fingerprint density at radius 2 is 1.53 bits per heavy atom. The molecule has 2 amide bonds. The van der Waals surface area contributed by atoms with Crippen LogP contribution in [0.2, 0.25) is 0 Å². The summed E-state index contributed by atoms with van der Waals surface area (Å²) in [6.45, 7) is 7.35. The number of alkyl carbamates (subject to hydrolysis) is 1. The topological polar surface area (TPSA) is 105 Å². The molecule has 2 aromatic carbocycles. The van der Waals surface area contributed by atoms with E-state index in [9.17, 15) is 19.5 Å². The van der Waals surface area contributed by atoms with E-state index in [1.54, 1.807) is 20.8 Å². The number of nitrogens with one attached hydrogen (secondary N) is 2. The van der Waals surface area contributed by atoms with Gasteiger partial charge in [0.25, 0.3) is 0 Å². The maximum Gasteiger partial charge on any atom is 0.407 e. The second-order valence-electron chi connectivity index (χ2n) is 9.81. The van der Waals surface area contributed by atoms with Crippen LogP contribution in [0.3, 0.4) is 0 Å². The van der Waals surface area contributed by atoms with Crippen LogP contribution in [-0.2, 0) is 14.3 Å². The molecule has 7 heteroatoms. The van der Waals surface area contributed by atoms with Gasteiger partial charge in [0, 0.05) is 5.92 Å². The largest absolute Gasteiger partial charge is 0.480 e. The van der Waals surface area contributed by atoms with Crippen LogP contribution in [0.25, 0.3) is 11.1 Å². The lowest BCUT2D eigenvalue weighted by Gasteiger charge is -2.29. The highest BCUT2D eigenvalue weighted by Gasteiger charge is 2.35. The fourth-order valence-corrected chi connectivity index (χ4v) is 4.35. The van der Waals surface area contributed by atoms with Gasteiger partial charge in [0.05, 0.1) is 0 Å². The van der Waals surface area contributed by atoms with Crippen molar-refractivity contribution in [2.75, 3.05) is 6.61 Å². The van der Waals surface area contributed by atoms with E-state index in [0.29, 0.717) is 12.8 Å². The van der Waals surface area contributed by atoms with Gasteiger partial charge >= 0.3 is 12.1 Å². The van der Waals surface area contributed by atoms with Crippen molar-refractivity contribution >= 4 is 18.0 Å². The lowest BCUT2D eigenvalue weighted by Crippen LogP contribution is -2.55. The van der Waals surface area contributed by atoms with Crippen molar-refractivity contribution < 1.29 is 24.2 Å². The van der Waals surface area contributed by atoms with Crippen LogP contribution in [0.15, 0.2) is 48.5 Å². The van der Waals surface area contributed by atoms with E-state index in [1.165, 1.54) is 0 Å². The van der Waals surface area contributed by atoms with Crippen LogP contribution in [0.4, 0.5) is 4.79 Å². The van der Waals surface area contributed by atoms with Crippen molar-refractivity contribution in [3.05, 3.63) is 59.7 Å². The quantitative estimate of drug-likeness (QED) is 0.497. The molecule has 1 aliphatic rings. The number of aliphatic carboxylic acids is 1. The molecule has 2 aromatic rings. The van der Waals surface area contributed by atoms with Crippen molar-refractivity contribution in [2.45, 2.75) is 65.0 Å². The van der Waals surface area contributed by atoms with Gasteiger partial charge in [0.15, 0.2) is 0 Å². The van der Waals surface area contributed by atoms with E-state index in [2.05, 4.69) is 22.8 Å². The number of carbonyl (C=O) groups excluding carboxylic acids is 2. The Morgan fingerprint density at radius 1 is 0.971 bits per heavy atom. The molecule has 2 atom stereocenters. The van der Waals surface area contributed by atoms with Gasteiger partial charge in [-0.15, -0.1) is 0 Å². The van der Waals surface area contributed by atoms with Gasteiger partial charge in [-0.1, -0.05) is 89.1 Å². The van der Waals surface area contributed by atoms with Crippen molar-refractivity contribution in [3.8, 4) is 11.1 Å². The van der Waals surface area contributed by atoms with Crippen LogP contribution in [0.1, 0.15) is 64.0 Å². The Kier molecular flexibility index (Phi) is 7.97. The van der Waals surface area contributed by atoms with Gasteiger partial charge in [-0.05, 0) is 34.1 Å². The molecule has 0 heterocycles. The molecule has 0 fully saturated rings. The monoisotopic (exact) mass is 466 g/mol. The number of fused-ring (bicyclic) bond motifs is 3. The number of benzene rings is 2. The van der Waals surface area contributed by atoms with E-state index in [1.807, 2.05) is 43.3 Å². The van der Waals surface area contributed by atoms with Gasteiger partial charge < -0.3 is 20.5 Å². The van der Waals surface area contributed by atoms with Crippen molar-refractivity contribution in [3.63, 3.8) is 0 Å². The molecule has 7 nitrogen and oxygen atoms in total. The molecule has 1 aliphatic carbocycles. The van der Waals surface area contributed by atoms with Crippen molar-refractivity contribution in [2.24, 2.45) is 5.41 Å². The first-order valence-electron chi connectivity index (χ1n) is 11.8. The molecule has 0 saturated carbocycles. The van der Waals surface area contributed by atoms with Crippen molar-refractivity contribution in [1.29, 1.82) is 0 Å². The van der Waals surface area contributed by atoms with Crippen LogP contribution in [-0.4, -0.2) is 41.8 Å². The summed E-state index contributed by atoms with van der Waals surface area (Å²) in [5, 5.41) is 14.8. The molecule has 0 bridgehead atoms. The number of hydrogen-bond acceptors (Lipinski definition) is 4. The van der Waals surface area contributed by atoms with E-state index in [-0.39, 0.29) is 12.5 Å². The maximum absolute atomic E-state index is 12.9. The molecule has 0 saturated heterocycles. The summed E-state index contributed by atoms with van der Waals surface area (Å²) in [7, 11) is 0. The molecule has 0 aromatic heterocycles. The minimum Gasteiger partial charge on any atom is -0.480 e. The fourth-order valence-electron chi connectivity index (χ4n) is 4.35. The molecule has 0 spiro atoms. The van der Waals surface area contributed by atoms with Crippen LogP contribution in [0.5, 0.6) is 0 Å². The number of amides is 2. The van der Waals surface area contributed by atoms with Gasteiger partial charge in [-0.2, -0.15) is 0 Å². The average Bonchev–Trinajstić information content (AvgIpc) is 3.11. The molecule has 182 valence electrons. The van der Waals surface area contributed by atoms with E-state index in [0.717, 1.165) is 28.7 Å². The predicted molar refractivity (Wildman–Crippen MR) is 131 cm³/mol. The Balaban J connectivity index is 1.67. The Morgan fingerprint density at radius 3 is 2.03 bits per heavy atom. The Labute approximate surface area is 200 Å². The fraction of sp³-hybridized carbons (Fsp3) is 0.444. The Bertz CT molecular complexity index is 998. The van der Waals surface area contributed by atoms with Gasteiger partial charge in [-0.3, -0.25) is 4.79 Å². The number of ether oxygens (including phenoxy) is 1. The number of unbranched alkanes of at least 4 members (excludes halogenated alkanes) is 1. The minimum absolute atomic E-state index is 0.0849. The summed E-state index contributed by atoms with van der Waals surface area (Å²) in [6, 6.07) is 14.2. The molecule has 0 aliphatic heterocycles. The van der Waals surface area contributed by atoms with E-state index in [4.69, 9.17) is 4.74 Å². The molecule has 34 heavy (non-hydrogen) atoms. The van der Waals surface area contributed by atoms with Gasteiger partial charge in [0.1, 0.15) is 18.7 Å². The first kappa shape index (κ1) is 25.3. The number of carbonyl (C=O) groups is 3. The summed E-state index contributed by atoms with van der Waals surface area (Å²) in [5.74, 6) is -1.72. The summed E-state index contributed by atoms with van der Waals surface area (Å²) >= 11 is 0. The number of hydrogen-bond donors (Lipinski definition) is 3. The summed E-state index contributed by atoms with van der Waals surface area (Å²) in [6.07, 6.45) is 1.23. The van der Waals surface area contributed by atoms with Crippen LogP contribution in [0, 0.1) is 5.41 Å². The second kappa shape index (κ2) is 10.7. The molecular weight excluding hydrogens is 432 g/mol. The SMILES string of the molecule is CCCC[C@H](NC(=O)OCC1c2ccccc2-c2ccccc21)C(=O)N[C@@H](C(=O)O)C(C)(C)C. The molecular formula is C27H34N2O5. The van der Waals surface area contributed by atoms with E-state index < -0.39 is 35.5 Å². The third kappa shape index (κ3) is 5.76. The highest BCUT2D eigenvalue weighted by Crippen LogP contribution is 2.44. The summed E-state index contributed by atoms with van der Waals surface area (Å²) in [5.41, 5.74) is 3.79. The zero-order valence-electron chi connectivity index (χ0n) is 20.3. The van der Waals surface area contributed by atoms with Gasteiger partial charge in [-0.25, -0.2) is 9.59 Å². The molecule has 0 unspecified atom stereocenters. The lowest BCUT2D eigenvalue weighted by molar-refractivity contribution is -0.145. The highest BCUT2D eigenvalue weighted by molar-refractivity contribution is 5.89. The number of rotatable bonds is 9. The highest BCUT2D eigenvalue weighted by atomic mass is 16.5. The zero-order chi connectivity index (χ0) is 24.9. The lowest BCUT2D eigenvalue weighted by atomic mass is 9.86. The molecule has 3 rings (SSSR count). The van der Waals surface area contributed by atoms with E-state index >= 15 is 0 Å². The molecule has 0 radical (unpaired) electrons. The van der Waals surface area contributed by atoms with Crippen molar-refractivity contribution in [1.82, 2.24) is 10.6 Å². The first-order valence-corrected chi connectivity index (χ1v) is 11.8. The number of carboxylic acids is 1. The third-order valence-electron chi connectivity index (χ3n) is 6.20. The zero-order valence-corrected chi connectivity index (χ0v) is 20.3. The average molecular weight is 467 g/mol. The normalized spacial score (nSPS) is 14.5. The van der Waals surface area contributed by atoms with Crippen LogP contribution >= 0.6 is 0 Å². The second-order valence-corrected chi connectivity index (χ2v) is 9.81. The molecule has 3 N–H and O–H groups in total. The predicted octanol–water partition coefficient (Wildman–Crippen LogP) is 4.70. The van der Waals surface area contributed by atoms with Gasteiger partial charge in [0.2, 0.25) is 5.91 Å². The Hall–Kier alpha value is -3.35. The smallest absolute Gasteiger partial charge is 0.407 e. The number of carboxylic acid groups (broad SMARTS) is 1. The third-order valence-corrected chi connectivity index (χ3v) is 6.20. The first-order chi connectivity index (χ1) is 16.1.